The Morgan fingerprint density at radius 1 is 1.12 bits per heavy atom. The molecule has 4 heterocycles. The highest BCUT2D eigenvalue weighted by Crippen LogP contribution is 2.33. The lowest BCUT2D eigenvalue weighted by atomic mass is 10.1. The van der Waals surface area contributed by atoms with Crippen molar-refractivity contribution in [1.82, 2.24) is 29.3 Å². The first-order chi connectivity index (χ1) is 15.6. The zero-order valence-electron chi connectivity index (χ0n) is 17.8. The minimum absolute atomic E-state index is 0.0733. The van der Waals surface area contributed by atoms with Gasteiger partial charge in [0.15, 0.2) is 17.4 Å². The Kier molecular flexibility index (Phi) is 4.92. The van der Waals surface area contributed by atoms with Gasteiger partial charge >= 0.3 is 0 Å². The molecule has 0 bridgehead atoms. The van der Waals surface area contributed by atoms with Crippen molar-refractivity contribution < 1.29 is 13.9 Å². The van der Waals surface area contributed by atoms with Gasteiger partial charge in [-0.25, -0.2) is 9.97 Å². The third-order valence-electron chi connectivity index (χ3n) is 5.27. The maximum absolute atomic E-state index is 13.9. The average molecular weight is 430 g/mol. The van der Waals surface area contributed by atoms with Crippen LogP contribution in [-0.2, 0) is 17.9 Å². The van der Waals surface area contributed by atoms with E-state index in [1.165, 1.54) is 13.2 Å². The number of pyridine rings is 1. The number of fused-ring (bicyclic) bond motifs is 5. The fourth-order valence-electron chi connectivity index (χ4n) is 3.73. The van der Waals surface area contributed by atoms with Gasteiger partial charge in [0.1, 0.15) is 24.3 Å². The van der Waals surface area contributed by atoms with E-state index in [2.05, 4.69) is 38.1 Å². The lowest BCUT2D eigenvalue weighted by molar-refractivity contribution is 0.174. The smallest absolute Gasteiger partial charge is 0.256 e. The Hall–Kier alpha value is -4.03. The summed E-state index contributed by atoms with van der Waals surface area (Å²) < 4.78 is 28.2. The molecule has 0 radical (unpaired) electrons. The fourth-order valence-corrected chi connectivity index (χ4v) is 3.73. The Morgan fingerprint density at radius 2 is 2.00 bits per heavy atom. The van der Waals surface area contributed by atoms with Crippen LogP contribution in [0.2, 0.25) is 0 Å². The molecule has 0 spiro atoms. The monoisotopic (exact) mass is 430 g/mol. The molecule has 0 fully saturated rings. The number of halogens is 1. The van der Waals surface area contributed by atoms with Crippen LogP contribution in [0.25, 0.3) is 17.1 Å². The largest absolute Gasteiger partial charge is 0.492 e. The summed E-state index contributed by atoms with van der Waals surface area (Å²) in [4.78, 5) is 8.37. The third kappa shape index (κ3) is 3.31. The van der Waals surface area contributed by atoms with Crippen LogP contribution < -0.4 is 4.74 Å². The van der Waals surface area contributed by atoms with Crippen LogP contribution in [0.3, 0.4) is 0 Å². The van der Waals surface area contributed by atoms with Crippen LogP contribution in [-0.4, -0.2) is 43.5 Å². The van der Waals surface area contributed by atoms with E-state index in [1.807, 2.05) is 28.2 Å². The zero-order chi connectivity index (χ0) is 22.2. The number of methoxy groups -OCH3 is 2. The highest BCUT2D eigenvalue weighted by molar-refractivity contribution is 5.70. The van der Waals surface area contributed by atoms with E-state index >= 15 is 0 Å². The zero-order valence-corrected chi connectivity index (χ0v) is 17.8. The van der Waals surface area contributed by atoms with Crippen LogP contribution in [0.1, 0.15) is 28.5 Å². The van der Waals surface area contributed by atoms with Crippen molar-refractivity contribution in [3.63, 3.8) is 0 Å². The number of nitrogens with zero attached hydrogens (tertiary/aromatic N) is 6. The first kappa shape index (κ1) is 19.9. The normalized spacial score (nSPS) is 11.6. The van der Waals surface area contributed by atoms with Gasteiger partial charge in [0.2, 0.25) is 0 Å². The van der Waals surface area contributed by atoms with Gasteiger partial charge in [0.05, 0.1) is 25.0 Å². The highest BCUT2D eigenvalue weighted by Gasteiger charge is 2.25. The van der Waals surface area contributed by atoms with E-state index in [0.29, 0.717) is 30.4 Å². The second-order valence-electron chi connectivity index (χ2n) is 7.33. The Balaban J connectivity index is 1.64. The van der Waals surface area contributed by atoms with Gasteiger partial charge < -0.3 is 14.0 Å². The van der Waals surface area contributed by atoms with E-state index in [0.717, 1.165) is 28.3 Å². The van der Waals surface area contributed by atoms with E-state index in [4.69, 9.17) is 9.47 Å². The molecule has 0 atom stereocenters. The van der Waals surface area contributed by atoms with Crippen molar-refractivity contribution in [2.24, 2.45) is 0 Å². The molecule has 3 aromatic heterocycles. The summed E-state index contributed by atoms with van der Waals surface area (Å²) in [6.07, 6.45) is 1.74. The van der Waals surface area contributed by atoms with E-state index < -0.39 is 5.95 Å². The number of imidazole rings is 1. The predicted molar refractivity (Wildman–Crippen MR) is 114 cm³/mol. The highest BCUT2D eigenvalue weighted by atomic mass is 19.1. The predicted octanol–water partition coefficient (Wildman–Crippen LogP) is 2.89. The van der Waals surface area contributed by atoms with Crippen molar-refractivity contribution in [2.75, 3.05) is 14.2 Å². The van der Waals surface area contributed by atoms with Gasteiger partial charge in [0, 0.05) is 12.7 Å². The summed E-state index contributed by atoms with van der Waals surface area (Å²) in [5.74, 6) is 6.79. The van der Waals surface area contributed by atoms with Gasteiger partial charge in [-0.1, -0.05) is 11.6 Å². The molecule has 8 nitrogen and oxygen atoms in total. The topological polar surface area (TPSA) is 79.9 Å². The molecule has 1 aliphatic heterocycles. The van der Waals surface area contributed by atoms with Crippen molar-refractivity contribution in [2.45, 2.75) is 20.1 Å². The summed E-state index contributed by atoms with van der Waals surface area (Å²) in [7, 11) is 3.01. The van der Waals surface area contributed by atoms with Gasteiger partial charge in [-0.15, -0.1) is 10.2 Å². The van der Waals surface area contributed by atoms with Gasteiger partial charge in [0.25, 0.3) is 5.95 Å². The lowest BCUT2D eigenvalue weighted by Gasteiger charge is -2.08. The molecule has 1 aromatic carbocycles. The van der Waals surface area contributed by atoms with Crippen molar-refractivity contribution in [3.8, 4) is 34.7 Å². The first-order valence-corrected chi connectivity index (χ1v) is 9.90. The quantitative estimate of drug-likeness (QED) is 0.324. The van der Waals surface area contributed by atoms with Crippen molar-refractivity contribution in [3.05, 3.63) is 71.1 Å². The number of aryl methyl sites for hydroxylation is 1. The number of aromatic nitrogens is 6. The molecule has 32 heavy (non-hydrogen) atoms. The fraction of sp³-hybridized carbons (Fsp3) is 0.217. The Morgan fingerprint density at radius 3 is 2.78 bits per heavy atom. The van der Waals surface area contributed by atoms with Crippen LogP contribution in [0.5, 0.6) is 5.75 Å². The molecule has 0 aliphatic carbocycles. The van der Waals surface area contributed by atoms with Gasteiger partial charge in [-0.2, -0.15) is 4.39 Å². The number of ether oxygens (including phenoxy) is 2. The second-order valence-corrected chi connectivity index (χ2v) is 7.33. The van der Waals surface area contributed by atoms with Gasteiger partial charge in [-0.3, -0.25) is 4.57 Å². The number of hydrogen-bond donors (Lipinski definition) is 0. The van der Waals surface area contributed by atoms with Crippen molar-refractivity contribution >= 4 is 0 Å². The van der Waals surface area contributed by atoms with Crippen LogP contribution in [0.4, 0.5) is 4.39 Å². The molecule has 4 aromatic rings. The molecule has 1 aliphatic rings. The molecule has 0 N–H and O–H groups in total. The van der Waals surface area contributed by atoms with Crippen LogP contribution >= 0.6 is 0 Å². The standard InChI is InChI=1S/C23H19FN6O2/c1-14-4-8-18-16(10-14)23-28-27-21(12-31-2)29(23)11-19-17(25-13-30(18)19)7-5-15-6-9-20(32-3)22(24)26-15/h4,6,8-10,13H,11-12H2,1-3H3. The van der Waals surface area contributed by atoms with Gasteiger partial charge in [-0.05, 0) is 43.0 Å². The first-order valence-electron chi connectivity index (χ1n) is 9.90. The van der Waals surface area contributed by atoms with Crippen LogP contribution in [0.15, 0.2) is 36.7 Å². The van der Waals surface area contributed by atoms with E-state index in [9.17, 15) is 4.39 Å². The average Bonchev–Trinajstić information content (AvgIpc) is 3.34. The molecular weight excluding hydrogens is 411 g/mol. The maximum Gasteiger partial charge on any atom is 0.256 e. The molecule has 0 unspecified atom stereocenters. The molecule has 0 saturated heterocycles. The summed E-state index contributed by atoms with van der Waals surface area (Å²) in [6.45, 7) is 2.83. The number of hydrogen-bond acceptors (Lipinski definition) is 6. The molecule has 0 saturated carbocycles. The SMILES string of the molecule is COCc1nnc2n1Cc1c(C#Cc3ccc(OC)c(F)n3)ncn1-c1ccc(C)cc1-2. The number of rotatable bonds is 3. The third-order valence-corrected chi connectivity index (χ3v) is 5.27. The summed E-state index contributed by atoms with van der Waals surface area (Å²) >= 11 is 0. The summed E-state index contributed by atoms with van der Waals surface area (Å²) in [6, 6.07) is 9.26. The molecule has 160 valence electrons. The van der Waals surface area contributed by atoms with Crippen molar-refractivity contribution in [1.29, 1.82) is 0 Å². The van der Waals surface area contributed by atoms with E-state index in [1.54, 1.807) is 19.5 Å². The molecule has 9 heteroatoms. The molecule has 0 amide bonds. The lowest BCUT2D eigenvalue weighted by Crippen LogP contribution is -2.09. The summed E-state index contributed by atoms with van der Waals surface area (Å²) in [5.41, 5.74) is 4.73. The van der Waals surface area contributed by atoms with E-state index in [-0.39, 0.29) is 5.75 Å². The number of benzene rings is 1. The maximum atomic E-state index is 13.9. The molecular formula is C23H19FN6O2. The Bertz CT molecular complexity index is 1400. The van der Waals surface area contributed by atoms with Crippen LogP contribution in [0, 0.1) is 24.7 Å². The minimum Gasteiger partial charge on any atom is -0.492 e. The summed E-state index contributed by atoms with van der Waals surface area (Å²) in [5, 5.41) is 8.75. The molecule has 5 rings (SSSR count). The second kappa shape index (κ2) is 7.90. The Labute approximate surface area is 183 Å². The minimum atomic E-state index is -0.703.